The number of benzene rings is 1. The maximum Gasteiger partial charge on any atom is 0.118 e. The molecule has 0 aliphatic heterocycles. The average molecular weight is 286 g/mol. The Bertz CT molecular complexity index is 436. The fourth-order valence-electron chi connectivity index (χ4n) is 4.84. The average Bonchev–Trinajstić information content (AvgIpc) is 2.55. The third-order valence-electron chi connectivity index (χ3n) is 6.01. The third-order valence-corrected chi connectivity index (χ3v) is 6.01. The van der Waals surface area contributed by atoms with E-state index < -0.39 is 0 Å². The second-order valence-electron chi connectivity index (χ2n) is 7.27. The molecule has 0 heterocycles. The minimum Gasteiger partial charge on any atom is -0.497 e. The Kier molecular flexibility index (Phi) is 4.87. The molecular weight excluding hydrogens is 256 g/mol. The lowest BCUT2D eigenvalue weighted by Crippen LogP contribution is -2.30. The quantitative estimate of drug-likeness (QED) is 0.680. The zero-order valence-corrected chi connectivity index (χ0v) is 13.7. The SMILES string of the molecule is CCC[C@@H]1CC[C@@H]2C[C@H](c3ccc(OC)cc3)CC[C@@H]2C1. The van der Waals surface area contributed by atoms with Gasteiger partial charge in [0.25, 0.3) is 0 Å². The van der Waals surface area contributed by atoms with E-state index in [1.54, 1.807) is 7.11 Å². The first-order chi connectivity index (χ1) is 10.3. The van der Waals surface area contributed by atoms with Gasteiger partial charge in [-0.1, -0.05) is 38.3 Å². The Morgan fingerprint density at radius 1 is 0.952 bits per heavy atom. The van der Waals surface area contributed by atoms with Gasteiger partial charge in [0.05, 0.1) is 7.11 Å². The highest BCUT2D eigenvalue weighted by Gasteiger charge is 2.35. The summed E-state index contributed by atoms with van der Waals surface area (Å²) in [5, 5.41) is 0. The Labute approximate surface area is 130 Å². The fraction of sp³-hybridized carbons (Fsp3) is 0.700. The van der Waals surface area contributed by atoms with E-state index in [-0.39, 0.29) is 0 Å². The van der Waals surface area contributed by atoms with Crippen LogP contribution in [0.4, 0.5) is 0 Å². The zero-order valence-electron chi connectivity index (χ0n) is 13.7. The number of methoxy groups -OCH3 is 1. The summed E-state index contributed by atoms with van der Waals surface area (Å²) in [4.78, 5) is 0. The monoisotopic (exact) mass is 286 g/mol. The van der Waals surface area contributed by atoms with Crippen molar-refractivity contribution in [3.63, 3.8) is 0 Å². The highest BCUT2D eigenvalue weighted by Crippen LogP contribution is 2.48. The van der Waals surface area contributed by atoms with Crippen molar-refractivity contribution in [2.24, 2.45) is 17.8 Å². The molecule has 0 radical (unpaired) electrons. The summed E-state index contributed by atoms with van der Waals surface area (Å²) >= 11 is 0. The lowest BCUT2D eigenvalue weighted by molar-refractivity contribution is 0.114. The van der Waals surface area contributed by atoms with Crippen LogP contribution in [0.25, 0.3) is 0 Å². The van der Waals surface area contributed by atoms with E-state index in [1.807, 2.05) is 0 Å². The maximum absolute atomic E-state index is 5.28. The first-order valence-corrected chi connectivity index (χ1v) is 8.94. The molecule has 3 rings (SSSR count). The molecule has 0 N–H and O–H groups in total. The van der Waals surface area contributed by atoms with Crippen molar-refractivity contribution in [1.29, 1.82) is 0 Å². The lowest BCUT2D eigenvalue weighted by atomic mass is 9.63. The minimum absolute atomic E-state index is 0.792. The molecule has 116 valence electrons. The van der Waals surface area contributed by atoms with Gasteiger partial charge >= 0.3 is 0 Å². The van der Waals surface area contributed by atoms with Crippen LogP contribution in [-0.4, -0.2) is 7.11 Å². The van der Waals surface area contributed by atoms with Crippen molar-refractivity contribution < 1.29 is 4.74 Å². The van der Waals surface area contributed by atoms with Gasteiger partial charge in [0.2, 0.25) is 0 Å². The van der Waals surface area contributed by atoms with E-state index >= 15 is 0 Å². The normalized spacial score (nSPS) is 32.5. The van der Waals surface area contributed by atoms with Crippen molar-refractivity contribution in [3.8, 4) is 5.75 Å². The van der Waals surface area contributed by atoms with Crippen LogP contribution in [0.1, 0.15) is 69.8 Å². The molecule has 1 heteroatoms. The predicted molar refractivity (Wildman–Crippen MR) is 88.8 cm³/mol. The summed E-state index contributed by atoms with van der Waals surface area (Å²) in [5.41, 5.74) is 1.53. The van der Waals surface area contributed by atoms with E-state index in [9.17, 15) is 0 Å². The summed E-state index contributed by atoms with van der Waals surface area (Å²) in [5.74, 6) is 4.84. The van der Waals surface area contributed by atoms with Gasteiger partial charge in [-0.25, -0.2) is 0 Å². The van der Waals surface area contributed by atoms with Crippen LogP contribution >= 0.6 is 0 Å². The second-order valence-corrected chi connectivity index (χ2v) is 7.27. The summed E-state index contributed by atoms with van der Waals surface area (Å²) in [6.45, 7) is 2.34. The third kappa shape index (κ3) is 3.44. The van der Waals surface area contributed by atoms with Crippen LogP contribution in [0.3, 0.4) is 0 Å². The van der Waals surface area contributed by atoms with Gasteiger partial charge < -0.3 is 4.74 Å². The highest BCUT2D eigenvalue weighted by molar-refractivity contribution is 5.29. The summed E-state index contributed by atoms with van der Waals surface area (Å²) in [7, 11) is 1.75. The molecule has 4 atom stereocenters. The number of rotatable bonds is 4. The van der Waals surface area contributed by atoms with Gasteiger partial charge in [0.1, 0.15) is 5.75 Å². The van der Waals surface area contributed by atoms with Gasteiger partial charge in [-0.05, 0) is 73.5 Å². The van der Waals surface area contributed by atoms with Crippen molar-refractivity contribution in [1.82, 2.24) is 0 Å². The molecule has 0 saturated heterocycles. The Morgan fingerprint density at radius 2 is 1.67 bits per heavy atom. The predicted octanol–water partition coefficient (Wildman–Crippen LogP) is 5.80. The smallest absolute Gasteiger partial charge is 0.118 e. The zero-order chi connectivity index (χ0) is 14.7. The van der Waals surface area contributed by atoms with E-state index in [1.165, 1.54) is 56.9 Å². The molecule has 0 amide bonds. The van der Waals surface area contributed by atoms with E-state index in [2.05, 4.69) is 31.2 Å². The molecule has 2 aliphatic rings. The summed E-state index contributed by atoms with van der Waals surface area (Å²) in [6.07, 6.45) is 11.6. The lowest BCUT2D eigenvalue weighted by Gasteiger charge is -2.42. The molecule has 0 unspecified atom stereocenters. The highest BCUT2D eigenvalue weighted by atomic mass is 16.5. The van der Waals surface area contributed by atoms with Gasteiger partial charge in [0, 0.05) is 0 Å². The number of fused-ring (bicyclic) bond motifs is 1. The molecule has 21 heavy (non-hydrogen) atoms. The van der Waals surface area contributed by atoms with Crippen LogP contribution in [0.15, 0.2) is 24.3 Å². The number of ether oxygens (including phenoxy) is 1. The summed E-state index contributed by atoms with van der Waals surface area (Å²) < 4.78 is 5.28. The number of hydrogen-bond acceptors (Lipinski definition) is 1. The topological polar surface area (TPSA) is 9.23 Å². The molecule has 0 bridgehead atoms. The van der Waals surface area contributed by atoms with Gasteiger partial charge in [-0.15, -0.1) is 0 Å². The molecule has 1 aromatic carbocycles. The molecule has 0 aromatic heterocycles. The van der Waals surface area contributed by atoms with Crippen LogP contribution in [0.2, 0.25) is 0 Å². The van der Waals surface area contributed by atoms with Crippen LogP contribution < -0.4 is 4.74 Å². The van der Waals surface area contributed by atoms with Gasteiger partial charge in [0.15, 0.2) is 0 Å². The van der Waals surface area contributed by atoms with E-state index in [0.29, 0.717) is 0 Å². The fourth-order valence-corrected chi connectivity index (χ4v) is 4.84. The molecule has 2 aliphatic carbocycles. The Hall–Kier alpha value is -0.980. The summed E-state index contributed by atoms with van der Waals surface area (Å²) in [6, 6.07) is 8.82. The molecule has 2 fully saturated rings. The second kappa shape index (κ2) is 6.85. The number of hydrogen-bond donors (Lipinski definition) is 0. The molecule has 1 nitrogen and oxygen atoms in total. The van der Waals surface area contributed by atoms with Crippen molar-refractivity contribution in [3.05, 3.63) is 29.8 Å². The molecule has 0 spiro atoms. The van der Waals surface area contributed by atoms with Gasteiger partial charge in [-0.2, -0.15) is 0 Å². The maximum atomic E-state index is 5.28. The standard InChI is InChI=1S/C20H30O/c1-3-4-15-5-6-19-14-18(8-7-17(19)13-15)16-9-11-20(21-2)12-10-16/h9-12,15,17-19H,3-8,13-14H2,1-2H3/t15-,17-,18-,19-/m1/s1. The van der Waals surface area contributed by atoms with Crippen LogP contribution in [0.5, 0.6) is 5.75 Å². The largest absolute Gasteiger partial charge is 0.497 e. The molecule has 1 aromatic rings. The molecular formula is C20H30O. The van der Waals surface area contributed by atoms with Crippen molar-refractivity contribution in [2.45, 2.75) is 64.2 Å². The first kappa shape index (κ1) is 14.9. The minimum atomic E-state index is 0.792. The van der Waals surface area contributed by atoms with Crippen LogP contribution in [0, 0.1) is 17.8 Å². The van der Waals surface area contributed by atoms with Gasteiger partial charge in [-0.3, -0.25) is 0 Å². The van der Waals surface area contributed by atoms with E-state index in [4.69, 9.17) is 4.74 Å². The van der Waals surface area contributed by atoms with Crippen molar-refractivity contribution >= 4 is 0 Å². The first-order valence-electron chi connectivity index (χ1n) is 8.94. The Morgan fingerprint density at radius 3 is 2.38 bits per heavy atom. The van der Waals surface area contributed by atoms with Crippen molar-refractivity contribution in [2.75, 3.05) is 7.11 Å². The van der Waals surface area contributed by atoms with Crippen LogP contribution in [-0.2, 0) is 0 Å². The molecule has 2 saturated carbocycles. The van der Waals surface area contributed by atoms with E-state index in [0.717, 1.165) is 29.4 Å². The Balaban J connectivity index is 1.60.